The average Bonchev–Trinajstić information content (AvgIpc) is 2.67. The van der Waals surface area contributed by atoms with Gasteiger partial charge in [0.05, 0.1) is 0 Å². The summed E-state index contributed by atoms with van der Waals surface area (Å²) in [7, 11) is 0. The highest BCUT2D eigenvalue weighted by Crippen LogP contribution is 2.40. The monoisotopic (exact) mass is 241 g/mol. The Morgan fingerprint density at radius 3 is 2.56 bits per heavy atom. The topological polar surface area (TPSA) is 3.24 Å². The van der Waals surface area contributed by atoms with Gasteiger partial charge in [-0.1, -0.05) is 25.7 Å². The van der Waals surface area contributed by atoms with Crippen LogP contribution in [-0.2, 0) is 0 Å². The Hall–Kier alpha value is 0.310. The van der Waals surface area contributed by atoms with Gasteiger partial charge < -0.3 is 4.90 Å². The van der Waals surface area contributed by atoms with Crippen LogP contribution >= 0.6 is 12.6 Å². The number of thiol groups is 1. The smallest absolute Gasteiger partial charge is 0.00671 e. The highest BCUT2D eigenvalue weighted by atomic mass is 32.1. The van der Waals surface area contributed by atoms with Crippen LogP contribution in [-0.4, -0.2) is 29.8 Å². The van der Waals surface area contributed by atoms with Crippen molar-refractivity contribution >= 4 is 12.6 Å². The van der Waals surface area contributed by atoms with Crippen molar-refractivity contribution in [2.75, 3.05) is 18.8 Å². The molecule has 1 heterocycles. The third kappa shape index (κ3) is 2.95. The third-order valence-corrected chi connectivity index (χ3v) is 5.40. The molecule has 1 saturated heterocycles. The lowest BCUT2D eigenvalue weighted by Gasteiger charge is -2.37. The van der Waals surface area contributed by atoms with Gasteiger partial charge in [-0.2, -0.15) is 12.6 Å². The van der Waals surface area contributed by atoms with Gasteiger partial charge in [0, 0.05) is 12.6 Å². The van der Waals surface area contributed by atoms with Gasteiger partial charge in [-0.3, -0.25) is 0 Å². The standard InChI is InChI=1S/C14H27NS/c1-13-7-3-2-6-10-15(13)11-14(12-16)8-4-5-9-14/h13,16H,2-12H2,1H3. The fourth-order valence-corrected chi connectivity index (χ4v) is 3.91. The molecule has 1 aliphatic heterocycles. The van der Waals surface area contributed by atoms with E-state index in [0.29, 0.717) is 5.41 Å². The van der Waals surface area contributed by atoms with Crippen molar-refractivity contribution < 1.29 is 0 Å². The van der Waals surface area contributed by atoms with Crippen LogP contribution in [0.3, 0.4) is 0 Å². The molecule has 16 heavy (non-hydrogen) atoms. The molecule has 0 amide bonds. The Bertz CT molecular complexity index is 211. The van der Waals surface area contributed by atoms with E-state index in [4.69, 9.17) is 0 Å². The van der Waals surface area contributed by atoms with Crippen LogP contribution in [0.5, 0.6) is 0 Å². The molecule has 1 aliphatic carbocycles. The molecular weight excluding hydrogens is 214 g/mol. The molecule has 1 nitrogen and oxygen atoms in total. The molecule has 0 aromatic rings. The van der Waals surface area contributed by atoms with Gasteiger partial charge in [0.25, 0.3) is 0 Å². The van der Waals surface area contributed by atoms with Gasteiger partial charge in [-0.05, 0) is 50.3 Å². The Morgan fingerprint density at radius 1 is 1.12 bits per heavy atom. The number of rotatable bonds is 3. The van der Waals surface area contributed by atoms with Crippen molar-refractivity contribution in [2.24, 2.45) is 5.41 Å². The first-order valence-electron chi connectivity index (χ1n) is 7.11. The maximum absolute atomic E-state index is 4.63. The van der Waals surface area contributed by atoms with Gasteiger partial charge in [-0.15, -0.1) is 0 Å². The molecular formula is C14H27NS. The highest BCUT2D eigenvalue weighted by Gasteiger charge is 2.35. The van der Waals surface area contributed by atoms with Gasteiger partial charge >= 0.3 is 0 Å². The van der Waals surface area contributed by atoms with Crippen LogP contribution in [0.2, 0.25) is 0 Å². The zero-order valence-corrected chi connectivity index (χ0v) is 11.6. The summed E-state index contributed by atoms with van der Waals surface area (Å²) >= 11 is 4.63. The van der Waals surface area contributed by atoms with Crippen molar-refractivity contribution in [3.8, 4) is 0 Å². The predicted octanol–water partition coefficient (Wildman–Crippen LogP) is 3.74. The first-order chi connectivity index (χ1) is 7.76. The number of likely N-dealkylation sites (tertiary alicyclic amines) is 1. The molecule has 0 radical (unpaired) electrons. The van der Waals surface area contributed by atoms with E-state index >= 15 is 0 Å². The SMILES string of the molecule is CC1CCCCCN1CC1(CS)CCCC1. The minimum absolute atomic E-state index is 0.557. The Kier molecular flexibility index (Phi) is 4.60. The summed E-state index contributed by atoms with van der Waals surface area (Å²) in [6.45, 7) is 5.07. The minimum Gasteiger partial charge on any atom is -0.300 e. The summed E-state index contributed by atoms with van der Waals surface area (Å²) in [5.74, 6) is 1.09. The van der Waals surface area contributed by atoms with Gasteiger partial charge in [0.15, 0.2) is 0 Å². The summed E-state index contributed by atoms with van der Waals surface area (Å²) < 4.78 is 0. The van der Waals surface area contributed by atoms with Crippen LogP contribution in [0.15, 0.2) is 0 Å². The van der Waals surface area contributed by atoms with E-state index in [9.17, 15) is 0 Å². The molecule has 0 aromatic carbocycles. The molecule has 2 rings (SSSR count). The van der Waals surface area contributed by atoms with E-state index in [0.717, 1.165) is 11.8 Å². The molecule has 1 unspecified atom stereocenters. The van der Waals surface area contributed by atoms with Crippen molar-refractivity contribution in [1.29, 1.82) is 0 Å². The molecule has 94 valence electrons. The number of hydrogen-bond donors (Lipinski definition) is 1. The Morgan fingerprint density at radius 2 is 1.88 bits per heavy atom. The summed E-state index contributed by atoms with van der Waals surface area (Å²) in [6.07, 6.45) is 11.4. The second-order valence-electron chi connectivity index (χ2n) is 6.03. The van der Waals surface area contributed by atoms with E-state index in [1.807, 2.05) is 0 Å². The molecule has 0 N–H and O–H groups in total. The quantitative estimate of drug-likeness (QED) is 0.737. The fourth-order valence-electron chi connectivity index (χ4n) is 3.49. The molecule has 0 bridgehead atoms. The number of hydrogen-bond acceptors (Lipinski definition) is 2. The maximum atomic E-state index is 4.63. The van der Waals surface area contributed by atoms with E-state index in [1.165, 1.54) is 64.5 Å². The lowest BCUT2D eigenvalue weighted by atomic mass is 9.87. The fraction of sp³-hybridized carbons (Fsp3) is 1.00. The summed E-state index contributed by atoms with van der Waals surface area (Å²) in [4.78, 5) is 2.76. The summed E-state index contributed by atoms with van der Waals surface area (Å²) in [5.41, 5.74) is 0.557. The normalized spacial score (nSPS) is 31.5. The van der Waals surface area contributed by atoms with Crippen LogP contribution in [0, 0.1) is 5.41 Å². The van der Waals surface area contributed by atoms with Gasteiger partial charge in [0.2, 0.25) is 0 Å². The Labute approximate surface area is 106 Å². The predicted molar refractivity (Wildman–Crippen MR) is 74.3 cm³/mol. The number of nitrogens with zero attached hydrogens (tertiary/aromatic N) is 1. The van der Waals surface area contributed by atoms with Crippen molar-refractivity contribution in [3.63, 3.8) is 0 Å². The molecule has 0 spiro atoms. The first-order valence-corrected chi connectivity index (χ1v) is 7.74. The molecule has 1 atom stereocenters. The lowest BCUT2D eigenvalue weighted by Crippen LogP contribution is -2.42. The second kappa shape index (κ2) is 5.77. The highest BCUT2D eigenvalue weighted by molar-refractivity contribution is 7.80. The second-order valence-corrected chi connectivity index (χ2v) is 6.35. The van der Waals surface area contributed by atoms with Crippen molar-refractivity contribution in [2.45, 2.75) is 64.3 Å². The van der Waals surface area contributed by atoms with Crippen LogP contribution in [0.1, 0.15) is 58.3 Å². The van der Waals surface area contributed by atoms with E-state index in [1.54, 1.807) is 0 Å². The van der Waals surface area contributed by atoms with E-state index < -0.39 is 0 Å². The third-order valence-electron chi connectivity index (χ3n) is 4.73. The molecule has 0 aromatic heterocycles. The Balaban J connectivity index is 1.95. The zero-order chi connectivity index (χ0) is 11.4. The minimum atomic E-state index is 0.557. The van der Waals surface area contributed by atoms with Gasteiger partial charge in [0.1, 0.15) is 0 Å². The van der Waals surface area contributed by atoms with Crippen LogP contribution < -0.4 is 0 Å². The maximum Gasteiger partial charge on any atom is 0.00671 e. The molecule has 2 fully saturated rings. The summed E-state index contributed by atoms with van der Waals surface area (Å²) in [5, 5.41) is 0. The van der Waals surface area contributed by atoms with Crippen LogP contribution in [0.4, 0.5) is 0 Å². The molecule has 2 heteroatoms. The van der Waals surface area contributed by atoms with Crippen molar-refractivity contribution in [3.05, 3.63) is 0 Å². The van der Waals surface area contributed by atoms with E-state index in [2.05, 4.69) is 24.5 Å². The zero-order valence-electron chi connectivity index (χ0n) is 10.7. The van der Waals surface area contributed by atoms with Crippen molar-refractivity contribution in [1.82, 2.24) is 4.90 Å². The lowest BCUT2D eigenvalue weighted by molar-refractivity contribution is 0.135. The molecule has 2 aliphatic rings. The first kappa shape index (κ1) is 12.8. The van der Waals surface area contributed by atoms with Gasteiger partial charge in [-0.25, -0.2) is 0 Å². The average molecular weight is 241 g/mol. The molecule has 1 saturated carbocycles. The van der Waals surface area contributed by atoms with E-state index in [-0.39, 0.29) is 0 Å². The largest absolute Gasteiger partial charge is 0.300 e. The van der Waals surface area contributed by atoms with Crippen LogP contribution in [0.25, 0.3) is 0 Å². The summed E-state index contributed by atoms with van der Waals surface area (Å²) in [6, 6.07) is 0.805.